The van der Waals surface area contributed by atoms with E-state index in [4.69, 9.17) is 11.6 Å². The van der Waals surface area contributed by atoms with Gasteiger partial charge in [-0.05, 0) is 23.8 Å². The molecule has 3 heteroatoms. The number of pyridine rings is 1. The molecule has 0 N–H and O–H groups in total. The van der Waals surface area contributed by atoms with Crippen LogP contribution in [0.25, 0.3) is 6.08 Å². The Balaban J connectivity index is 2.58. The van der Waals surface area contributed by atoms with Crippen molar-refractivity contribution in [3.05, 3.63) is 35.1 Å². The Bertz CT molecular complexity index is 256. The van der Waals surface area contributed by atoms with E-state index in [0.29, 0.717) is 5.15 Å². The largest absolute Gasteiger partial charge is 0.244 e. The molecule has 0 spiro atoms. The van der Waals surface area contributed by atoms with Crippen LogP contribution in [0.5, 0.6) is 0 Å². The van der Waals surface area contributed by atoms with E-state index in [1.165, 1.54) is 0 Å². The highest BCUT2D eigenvalue weighted by molar-refractivity contribution is 7.80. The average Bonchev–Trinajstić information content (AvgIpc) is 2.09. The molecular weight excluding hydrogens is 190 g/mol. The summed E-state index contributed by atoms with van der Waals surface area (Å²) in [6.45, 7) is 0. The van der Waals surface area contributed by atoms with Crippen LogP contribution in [-0.2, 0) is 0 Å². The summed E-state index contributed by atoms with van der Waals surface area (Å²) in [6, 6.07) is 3.71. The van der Waals surface area contributed by atoms with Crippen LogP contribution in [0.2, 0.25) is 5.15 Å². The quantitative estimate of drug-likeness (QED) is 0.583. The van der Waals surface area contributed by atoms with Crippen LogP contribution in [0, 0.1) is 0 Å². The number of hydrogen-bond donors (Lipinski definition) is 1. The van der Waals surface area contributed by atoms with E-state index in [1.807, 2.05) is 12.1 Å². The van der Waals surface area contributed by atoms with E-state index in [2.05, 4.69) is 23.7 Å². The van der Waals surface area contributed by atoms with Gasteiger partial charge in [0, 0.05) is 6.20 Å². The van der Waals surface area contributed by atoms with Gasteiger partial charge < -0.3 is 0 Å². The van der Waals surface area contributed by atoms with Crippen molar-refractivity contribution in [3.8, 4) is 0 Å². The van der Waals surface area contributed by atoms with Crippen molar-refractivity contribution in [1.82, 2.24) is 4.98 Å². The first kappa shape index (κ1) is 9.62. The molecule has 0 aliphatic carbocycles. The molecule has 0 saturated carbocycles. The Morgan fingerprint density at radius 2 is 2.33 bits per heavy atom. The van der Waals surface area contributed by atoms with Crippen LogP contribution in [0.15, 0.2) is 24.4 Å². The van der Waals surface area contributed by atoms with Gasteiger partial charge in [-0.3, -0.25) is 0 Å². The molecule has 1 nitrogen and oxygen atoms in total. The lowest BCUT2D eigenvalue weighted by molar-refractivity contribution is 1.26. The Morgan fingerprint density at radius 3 is 2.92 bits per heavy atom. The number of aromatic nitrogens is 1. The molecule has 64 valence electrons. The van der Waals surface area contributed by atoms with Gasteiger partial charge in [-0.25, -0.2) is 4.98 Å². The average molecular weight is 200 g/mol. The Kier molecular flexibility index (Phi) is 4.19. The van der Waals surface area contributed by atoms with Gasteiger partial charge in [0.15, 0.2) is 0 Å². The van der Waals surface area contributed by atoms with Gasteiger partial charge >= 0.3 is 0 Å². The molecule has 0 amide bonds. The molecule has 0 unspecified atom stereocenters. The number of allylic oxidation sites excluding steroid dienone is 1. The summed E-state index contributed by atoms with van der Waals surface area (Å²) < 4.78 is 0. The lowest BCUT2D eigenvalue weighted by atomic mass is 10.2. The fraction of sp³-hybridized carbons (Fsp3) is 0.222. The minimum atomic E-state index is 0.529. The number of thiol groups is 1. The van der Waals surface area contributed by atoms with Crippen molar-refractivity contribution < 1.29 is 0 Å². The topological polar surface area (TPSA) is 12.9 Å². The minimum Gasteiger partial charge on any atom is -0.244 e. The third-order valence-corrected chi connectivity index (χ3v) is 1.84. The van der Waals surface area contributed by atoms with Gasteiger partial charge in [0.25, 0.3) is 0 Å². The standard InChI is InChI=1S/C9H10ClNS/c10-9-5-4-8(7-11-9)3-1-2-6-12/h1,3-5,7,12H,2,6H2. The Morgan fingerprint density at radius 1 is 1.50 bits per heavy atom. The molecule has 1 rings (SSSR count). The molecule has 0 aromatic carbocycles. The van der Waals surface area contributed by atoms with E-state index < -0.39 is 0 Å². The predicted octanol–water partition coefficient (Wildman–Crippen LogP) is 3.07. The van der Waals surface area contributed by atoms with E-state index in [0.717, 1.165) is 17.7 Å². The van der Waals surface area contributed by atoms with E-state index in [1.54, 1.807) is 12.3 Å². The summed E-state index contributed by atoms with van der Waals surface area (Å²) in [5.41, 5.74) is 1.07. The van der Waals surface area contributed by atoms with E-state index in [9.17, 15) is 0 Å². The first-order chi connectivity index (χ1) is 5.83. The van der Waals surface area contributed by atoms with Crippen LogP contribution in [0.4, 0.5) is 0 Å². The highest BCUT2D eigenvalue weighted by Crippen LogP contribution is 2.06. The molecule has 0 aliphatic rings. The number of halogens is 1. The highest BCUT2D eigenvalue weighted by atomic mass is 35.5. The lowest BCUT2D eigenvalue weighted by Gasteiger charge is -1.91. The zero-order valence-electron chi connectivity index (χ0n) is 6.57. The van der Waals surface area contributed by atoms with Crippen LogP contribution in [-0.4, -0.2) is 10.7 Å². The normalized spacial score (nSPS) is 10.8. The maximum absolute atomic E-state index is 5.63. The van der Waals surface area contributed by atoms with Crippen molar-refractivity contribution in [1.29, 1.82) is 0 Å². The minimum absolute atomic E-state index is 0.529. The number of nitrogens with zero attached hydrogens (tertiary/aromatic N) is 1. The van der Waals surface area contributed by atoms with Gasteiger partial charge in [0.2, 0.25) is 0 Å². The maximum atomic E-state index is 5.63. The third kappa shape index (κ3) is 3.28. The lowest BCUT2D eigenvalue weighted by Crippen LogP contribution is -1.76. The molecule has 1 aromatic heterocycles. The molecule has 1 aromatic rings. The Labute approximate surface area is 82.9 Å². The van der Waals surface area contributed by atoms with Gasteiger partial charge in [-0.15, -0.1) is 0 Å². The maximum Gasteiger partial charge on any atom is 0.129 e. The molecule has 1 heterocycles. The van der Waals surface area contributed by atoms with E-state index in [-0.39, 0.29) is 0 Å². The molecule has 0 fully saturated rings. The van der Waals surface area contributed by atoms with E-state index >= 15 is 0 Å². The fourth-order valence-corrected chi connectivity index (χ4v) is 1.04. The first-order valence-electron chi connectivity index (χ1n) is 3.72. The fourth-order valence-electron chi connectivity index (χ4n) is 0.780. The second kappa shape index (κ2) is 5.22. The summed E-state index contributed by atoms with van der Waals surface area (Å²) in [4.78, 5) is 3.95. The van der Waals surface area contributed by atoms with Gasteiger partial charge in [-0.1, -0.05) is 29.8 Å². The molecule has 0 atom stereocenters. The van der Waals surface area contributed by atoms with Crippen molar-refractivity contribution in [2.24, 2.45) is 0 Å². The van der Waals surface area contributed by atoms with Crippen molar-refractivity contribution in [2.75, 3.05) is 5.75 Å². The molecule has 0 bridgehead atoms. The van der Waals surface area contributed by atoms with Crippen molar-refractivity contribution >= 4 is 30.3 Å². The summed E-state index contributed by atoms with van der Waals surface area (Å²) in [6.07, 6.45) is 6.81. The SMILES string of the molecule is SCCC=Cc1ccc(Cl)nc1. The molecule has 12 heavy (non-hydrogen) atoms. The molecule has 0 saturated heterocycles. The smallest absolute Gasteiger partial charge is 0.129 e. The van der Waals surface area contributed by atoms with Crippen molar-refractivity contribution in [2.45, 2.75) is 6.42 Å². The van der Waals surface area contributed by atoms with Crippen LogP contribution in [0.1, 0.15) is 12.0 Å². The monoisotopic (exact) mass is 199 g/mol. The molecule has 0 radical (unpaired) electrons. The third-order valence-electron chi connectivity index (χ3n) is 1.36. The first-order valence-corrected chi connectivity index (χ1v) is 4.73. The molecular formula is C9H10ClNS. The second-order valence-electron chi connectivity index (χ2n) is 2.33. The summed E-state index contributed by atoms with van der Waals surface area (Å²) >= 11 is 9.72. The number of rotatable bonds is 3. The van der Waals surface area contributed by atoms with Gasteiger partial charge in [0.1, 0.15) is 5.15 Å². The zero-order valence-corrected chi connectivity index (χ0v) is 8.22. The zero-order chi connectivity index (χ0) is 8.81. The predicted molar refractivity (Wildman–Crippen MR) is 56.8 cm³/mol. The Hall–Kier alpha value is -0.470. The van der Waals surface area contributed by atoms with Crippen LogP contribution in [0.3, 0.4) is 0 Å². The van der Waals surface area contributed by atoms with Gasteiger partial charge in [0.05, 0.1) is 0 Å². The summed E-state index contributed by atoms with van der Waals surface area (Å²) in [5.74, 6) is 0.873. The van der Waals surface area contributed by atoms with Crippen LogP contribution < -0.4 is 0 Å². The summed E-state index contributed by atoms with van der Waals surface area (Å²) in [5, 5.41) is 0.529. The number of hydrogen-bond acceptors (Lipinski definition) is 2. The molecule has 0 aliphatic heterocycles. The van der Waals surface area contributed by atoms with Gasteiger partial charge in [-0.2, -0.15) is 12.6 Å². The summed E-state index contributed by atoms with van der Waals surface area (Å²) in [7, 11) is 0. The highest BCUT2D eigenvalue weighted by Gasteiger charge is 1.87. The second-order valence-corrected chi connectivity index (χ2v) is 3.16. The van der Waals surface area contributed by atoms with Crippen molar-refractivity contribution in [3.63, 3.8) is 0 Å². The van der Waals surface area contributed by atoms with Crippen LogP contribution >= 0.6 is 24.2 Å².